The molecule has 1 atom stereocenters. The lowest BCUT2D eigenvalue weighted by Gasteiger charge is -2.24. The van der Waals surface area contributed by atoms with Gasteiger partial charge in [0.2, 0.25) is 0 Å². The van der Waals surface area contributed by atoms with E-state index in [4.69, 9.17) is 4.74 Å². The van der Waals surface area contributed by atoms with E-state index in [0.29, 0.717) is 6.04 Å². The third-order valence-electron chi connectivity index (χ3n) is 2.55. The normalized spacial score (nSPS) is 13.5. The molecule has 3 heteroatoms. The van der Waals surface area contributed by atoms with Crippen LogP contribution in [0.3, 0.4) is 0 Å². The Bertz CT molecular complexity index is 120. The van der Waals surface area contributed by atoms with Gasteiger partial charge < -0.3 is 15.0 Å². The fourth-order valence-electron chi connectivity index (χ4n) is 1.22. The van der Waals surface area contributed by atoms with Crippen LogP contribution in [-0.4, -0.2) is 51.3 Å². The first kappa shape index (κ1) is 13.9. The van der Waals surface area contributed by atoms with Gasteiger partial charge in [-0.3, -0.25) is 0 Å². The van der Waals surface area contributed by atoms with Crippen LogP contribution < -0.4 is 5.32 Å². The fraction of sp³-hybridized carbons (Fsp3) is 1.00. The Morgan fingerprint density at radius 1 is 1.43 bits per heavy atom. The molecular weight excluding hydrogens is 176 g/mol. The van der Waals surface area contributed by atoms with Gasteiger partial charge in [-0.2, -0.15) is 0 Å². The minimum atomic E-state index is 0.585. The number of rotatable bonds is 9. The summed E-state index contributed by atoms with van der Waals surface area (Å²) in [6.45, 7) is 8.49. The van der Waals surface area contributed by atoms with Crippen molar-refractivity contribution in [3.63, 3.8) is 0 Å². The number of methoxy groups -OCH3 is 1. The first-order chi connectivity index (χ1) is 6.72. The van der Waals surface area contributed by atoms with Crippen LogP contribution in [0.2, 0.25) is 0 Å². The summed E-state index contributed by atoms with van der Waals surface area (Å²) in [7, 11) is 3.89. The molecule has 0 bridgehead atoms. The molecule has 0 aliphatic heterocycles. The summed E-state index contributed by atoms with van der Waals surface area (Å²) < 4.78 is 5.04. The maximum Gasteiger partial charge on any atom is 0.0589 e. The highest BCUT2D eigenvalue weighted by molar-refractivity contribution is 4.65. The molecule has 0 fully saturated rings. The quantitative estimate of drug-likeness (QED) is 0.571. The molecule has 1 unspecified atom stereocenters. The molecule has 0 saturated carbocycles. The highest BCUT2D eigenvalue weighted by Gasteiger charge is 2.07. The number of likely N-dealkylation sites (N-methyl/N-ethyl adjacent to an activating group) is 1. The first-order valence-corrected chi connectivity index (χ1v) is 5.62. The zero-order chi connectivity index (χ0) is 10.8. The van der Waals surface area contributed by atoms with Gasteiger partial charge in [0, 0.05) is 26.2 Å². The van der Waals surface area contributed by atoms with Gasteiger partial charge in [-0.15, -0.1) is 0 Å². The van der Waals surface area contributed by atoms with Crippen LogP contribution in [0, 0.1) is 0 Å². The molecule has 0 spiro atoms. The van der Waals surface area contributed by atoms with E-state index < -0.39 is 0 Å². The highest BCUT2D eigenvalue weighted by atomic mass is 16.5. The van der Waals surface area contributed by atoms with Gasteiger partial charge in [-0.05, 0) is 26.9 Å². The van der Waals surface area contributed by atoms with Crippen molar-refractivity contribution in [2.45, 2.75) is 32.7 Å². The Morgan fingerprint density at radius 3 is 2.71 bits per heavy atom. The first-order valence-electron chi connectivity index (χ1n) is 5.62. The van der Waals surface area contributed by atoms with E-state index in [-0.39, 0.29) is 0 Å². The van der Waals surface area contributed by atoms with Gasteiger partial charge in [0.1, 0.15) is 0 Å². The standard InChI is InChI=1S/C11H26N2O/c1-5-6-7-12-10-11(2)13(3)8-9-14-4/h11-12H,5-10H2,1-4H3. The number of nitrogens with one attached hydrogen (secondary N) is 1. The van der Waals surface area contributed by atoms with E-state index in [2.05, 4.69) is 31.1 Å². The van der Waals surface area contributed by atoms with Crippen molar-refractivity contribution in [2.24, 2.45) is 0 Å². The monoisotopic (exact) mass is 202 g/mol. The average molecular weight is 202 g/mol. The maximum atomic E-state index is 5.04. The SMILES string of the molecule is CCCCNCC(C)N(C)CCOC. The summed E-state index contributed by atoms with van der Waals surface area (Å²) in [6, 6.07) is 0.585. The topological polar surface area (TPSA) is 24.5 Å². The number of ether oxygens (including phenoxy) is 1. The Labute approximate surface area is 88.8 Å². The number of unbranched alkanes of at least 4 members (excludes halogenated alkanes) is 1. The molecule has 0 rings (SSSR count). The number of nitrogens with zero attached hydrogens (tertiary/aromatic N) is 1. The molecule has 0 saturated heterocycles. The minimum absolute atomic E-state index is 0.585. The summed E-state index contributed by atoms with van der Waals surface area (Å²) in [5.41, 5.74) is 0. The van der Waals surface area contributed by atoms with Crippen LogP contribution in [0.25, 0.3) is 0 Å². The molecule has 14 heavy (non-hydrogen) atoms. The zero-order valence-corrected chi connectivity index (χ0v) is 10.2. The lowest BCUT2D eigenvalue weighted by atomic mass is 10.3. The Balaban J connectivity index is 3.36. The molecule has 0 radical (unpaired) electrons. The van der Waals surface area contributed by atoms with Crippen LogP contribution in [0.4, 0.5) is 0 Å². The largest absolute Gasteiger partial charge is 0.383 e. The van der Waals surface area contributed by atoms with Gasteiger partial charge in [0.25, 0.3) is 0 Å². The highest BCUT2D eigenvalue weighted by Crippen LogP contribution is 1.93. The fourth-order valence-corrected chi connectivity index (χ4v) is 1.22. The molecule has 0 aliphatic carbocycles. The van der Waals surface area contributed by atoms with Crippen LogP contribution in [0.1, 0.15) is 26.7 Å². The lowest BCUT2D eigenvalue weighted by Crippen LogP contribution is -2.39. The molecule has 0 aromatic carbocycles. The second kappa shape index (κ2) is 9.44. The molecule has 0 amide bonds. The average Bonchev–Trinajstić information content (AvgIpc) is 2.20. The second-order valence-corrected chi connectivity index (χ2v) is 3.88. The zero-order valence-electron chi connectivity index (χ0n) is 10.2. The van der Waals surface area contributed by atoms with Crippen molar-refractivity contribution < 1.29 is 4.74 Å². The van der Waals surface area contributed by atoms with E-state index in [0.717, 1.165) is 26.2 Å². The van der Waals surface area contributed by atoms with Crippen LogP contribution in [0.15, 0.2) is 0 Å². The van der Waals surface area contributed by atoms with E-state index >= 15 is 0 Å². The van der Waals surface area contributed by atoms with Gasteiger partial charge >= 0.3 is 0 Å². The number of hydrogen-bond acceptors (Lipinski definition) is 3. The molecule has 0 aromatic rings. The van der Waals surface area contributed by atoms with Gasteiger partial charge in [-0.25, -0.2) is 0 Å². The molecule has 0 heterocycles. The van der Waals surface area contributed by atoms with Gasteiger partial charge in [0.05, 0.1) is 6.61 Å². The predicted octanol–water partition coefficient (Wildman–Crippen LogP) is 1.34. The smallest absolute Gasteiger partial charge is 0.0589 e. The second-order valence-electron chi connectivity index (χ2n) is 3.88. The lowest BCUT2D eigenvalue weighted by molar-refractivity contribution is 0.142. The molecule has 0 aliphatic rings. The van der Waals surface area contributed by atoms with Crippen molar-refractivity contribution >= 4 is 0 Å². The minimum Gasteiger partial charge on any atom is -0.383 e. The van der Waals surface area contributed by atoms with E-state index in [9.17, 15) is 0 Å². The summed E-state index contributed by atoms with van der Waals surface area (Å²) in [4.78, 5) is 2.32. The van der Waals surface area contributed by atoms with Crippen molar-refractivity contribution in [2.75, 3.05) is 40.4 Å². The van der Waals surface area contributed by atoms with Crippen LogP contribution >= 0.6 is 0 Å². The Kier molecular flexibility index (Phi) is 9.35. The van der Waals surface area contributed by atoms with Crippen molar-refractivity contribution in [1.29, 1.82) is 0 Å². The van der Waals surface area contributed by atoms with Crippen LogP contribution in [0.5, 0.6) is 0 Å². The summed E-state index contributed by atoms with van der Waals surface area (Å²) in [5.74, 6) is 0. The van der Waals surface area contributed by atoms with E-state index in [1.54, 1.807) is 7.11 Å². The third-order valence-corrected chi connectivity index (χ3v) is 2.55. The van der Waals surface area contributed by atoms with Gasteiger partial charge in [-0.1, -0.05) is 13.3 Å². The van der Waals surface area contributed by atoms with Gasteiger partial charge in [0.15, 0.2) is 0 Å². The van der Waals surface area contributed by atoms with E-state index in [1.807, 2.05) is 0 Å². The Morgan fingerprint density at radius 2 is 2.14 bits per heavy atom. The molecular formula is C11H26N2O. The third kappa shape index (κ3) is 7.30. The predicted molar refractivity (Wildman–Crippen MR) is 61.7 cm³/mol. The van der Waals surface area contributed by atoms with Crippen molar-refractivity contribution in [3.8, 4) is 0 Å². The molecule has 3 nitrogen and oxygen atoms in total. The molecule has 0 aromatic heterocycles. The maximum absolute atomic E-state index is 5.04. The summed E-state index contributed by atoms with van der Waals surface area (Å²) >= 11 is 0. The number of hydrogen-bond donors (Lipinski definition) is 1. The van der Waals surface area contributed by atoms with E-state index in [1.165, 1.54) is 12.8 Å². The molecule has 1 N–H and O–H groups in total. The molecule has 86 valence electrons. The van der Waals surface area contributed by atoms with Crippen molar-refractivity contribution in [3.05, 3.63) is 0 Å². The van der Waals surface area contributed by atoms with Crippen LogP contribution in [-0.2, 0) is 4.74 Å². The summed E-state index contributed by atoms with van der Waals surface area (Å²) in [6.07, 6.45) is 2.54. The Hall–Kier alpha value is -0.120. The summed E-state index contributed by atoms with van der Waals surface area (Å²) in [5, 5.41) is 3.46. The van der Waals surface area contributed by atoms with Crippen molar-refractivity contribution in [1.82, 2.24) is 10.2 Å².